The fourth-order valence-electron chi connectivity index (χ4n) is 3.82. The molecule has 0 bridgehead atoms. The molecule has 0 atom stereocenters. The first-order chi connectivity index (χ1) is 14.3. The van der Waals surface area contributed by atoms with Crippen molar-refractivity contribution in [2.45, 2.75) is 142 Å². The van der Waals surface area contributed by atoms with Crippen LogP contribution in [0.25, 0.3) is 0 Å². The summed E-state index contributed by atoms with van der Waals surface area (Å²) in [5.74, 6) is 0.114. The zero-order valence-corrected chi connectivity index (χ0v) is 19.5. The number of amides is 1. The zero-order chi connectivity index (χ0) is 21.3. The van der Waals surface area contributed by atoms with Crippen molar-refractivity contribution in [1.29, 1.82) is 0 Å². The minimum Gasteiger partial charge on any atom is -0.356 e. The third-order valence-corrected chi connectivity index (χ3v) is 5.76. The summed E-state index contributed by atoms with van der Waals surface area (Å²) >= 11 is 0. The molecule has 0 saturated carbocycles. The number of carbonyl (C=O) groups excluding carboxylic acids is 1. The van der Waals surface area contributed by atoms with Gasteiger partial charge in [0.05, 0.1) is 6.54 Å². The second kappa shape index (κ2) is 25.1. The first-order valence-corrected chi connectivity index (χ1v) is 12.9. The summed E-state index contributed by atoms with van der Waals surface area (Å²) < 4.78 is 0. The van der Waals surface area contributed by atoms with Crippen LogP contribution in [-0.4, -0.2) is 19.0 Å². The van der Waals surface area contributed by atoms with Gasteiger partial charge in [0.15, 0.2) is 0 Å². The number of unbranched alkanes of at least 4 members (excludes halogenated alkanes) is 18. The van der Waals surface area contributed by atoms with Crippen LogP contribution in [0.2, 0.25) is 0 Å². The summed E-state index contributed by atoms with van der Waals surface area (Å²) in [6.45, 7) is 3.15. The van der Waals surface area contributed by atoms with Crippen LogP contribution in [0.15, 0.2) is 5.18 Å². The molecule has 0 fully saturated rings. The van der Waals surface area contributed by atoms with E-state index in [4.69, 9.17) is 0 Å². The maximum atomic E-state index is 11.6. The molecule has 1 amide bonds. The third-order valence-electron chi connectivity index (χ3n) is 5.76. The lowest BCUT2D eigenvalue weighted by Gasteiger charge is -2.05. The summed E-state index contributed by atoms with van der Waals surface area (Å²) in [6.07, 6.45) is 27.3. The molecule has 0 aromatic carbocycles. The van der Waals surface area contributed by atoms with Gasteiger partial charge in [0.2, 0.25) is 5.91 Å². The van der Waals surface area contributed by atoms with E-state index in [2.05, 4.69) is 17.4 Å². The van der Waals surface area contributed by atoms with E-state index in [0.717, 1.165) is 12.8 Å². The lowest BCUT2D eigenvalue weighted by Crippen LogP contribution is -2.24. The van der Waals surface area contributed by atoms with E-state index in [-0.39, 0.29) is 5.91 Å². The largest absolute Gasteiger partial charge is 0.356 e. The van der Waals surface area contributed by atoms with E-state index >= 15 is 0 Å². The Balaban J connectivity index is 3.08. The second-order valence-corrected chi connectivity index (χ2v) is 8.67. The Morgan fingerprint density at radius 2 is 0.966 bits per heavy atom. The van der Waals surface area contributed by atoms with E-state index in [1.54, 1.807) is 0 Å². The molecule has 0 unspecified atom stereocenters. The summed E-state index contributed by atoms with van der Waals surface area (Å²) in [4.78, 5) is 21.5. The molecule has 0 aliphatic rings. The first kappa shape index (κ1) is 28.1. The SMILES string of the molecule is CCCCCCCCCCCCCCCCCCCCCC(=O)NCCCN=O. The second-order valence-electron chi connectivity index (χ2n) is 8.67. The molecule has 29 heavy (non-hydrogen) atoms. The monoisotopic (exact) mass is 410 g/mol. The Morgan fingerprint density at radius 1 is 0.586 bits per heavy atom. The molecular formula is C25H50N2O2. The van der Waals surface area contributed by atoms with Crippen molar-refractivity contribution in [3.8, 4) is 0 Å². The molecule has 1 N–H and O–H groups in total. The normalized spacial score (nSPS) is 10.9. The topological polar surface area (TPSA) is 58.5 Å². The quantitative estimate of drug-likeness (QED) is 0.129. The maximum Gasteiger partial charge on any atom is 0.219 e. The summed E-state index contributed by atoms with van der Waals surface area (Å²) in [7, 11) is 0. The van der Waals surface area contributed by atoms with Crippen LogP contribution in [0.3, 0.4) is 0 Å². The highest BCUT2D eigenvalue weighted by Crippen LogP contribution is 2.14. The van der Waals surface area contributed by atoms with Gasteiger partial charge in [0.1, 0.15) is 0 Å². The molecule has 0 radical (unpaired) electrons. The third kappa shape index (κ3) is 25.0. The molecule has 0 rings (SSSR count). The Labute approximate surface area is 181 Å². The van der Waals surface area contributed by atoms with E-state index in [0.29, 0.717) is 25.9 Å². The minimum atomic E-state index is 0.114. The fraction of sp³-hybridized carbons (Fsp3) is 0.960. The van der Waals surface area contributed by atoms with E-state index in [9.17, 15) is 9.70 Å². The van der Waals surface area contributed by atoms with Gasteiger partial charge in [0.25, 0.3) is 0 Å². The van der Waals surface area contributed by atoms with E-state index in [1.807, 2.05) is 0 Å². The number of carbonyl (C=O) groups is 1. The summed E-state index contributed by atoms with van der Waals surface area (Å²) in [5.41, 5.74) is 0. The molecule has 0 heterocycles. The van der Waals surface area contributed by atoms with Crippen molar-refractivity contribution in [1.82, 2.24) is 5.32 Å². The van der Waals surface area contributed by atoms with Crippen LogP contribution >= 0.6 is 0 Å². The van der Waals surface area contributed by atoms with Gasteiger partial charge < -0.3 is 5.32 Å². The predicted octanol–water partition coefficient (Wildman–Crippen LogP) is 8.08. The fourth-order valence-corrected chi connectivity index (χ4v) is 3.82. The van der Waals surface area contributed by atoms with Crippen LogP contribution in [0, 0.1) is 4.91 Å². The number of hydrogen-bond donors (Lipinski definition) is 1. The predicted molar refractivity (Wildman–Crippen MR) is 126 cm³/mol. The molecule has 0 aliphatic heterocycles. The van der Waals surface area contributed by atoms with Crippen LogP contribution in [0.4, 0.5) is 0 Å². The van der Waals surface area contributed by atoms with Gasteiger partial charge in [-0.3, -0.25) is 4.79 Å². The van der Waals surface area contributed by atoms with Gasteiger partial charge in [-0.2, -0.15) is 4.91 Å². The van der Waals surface area contributed by atoms with Crippen molar-refractivity contribution in [2.75, 3.05) is 13.1 Å². The highest BCUT2D eigenvalue weighted by Gasteiger charge is 2.00. The number of nitrogens with one attached hydrogen (secondary N) is 1. The van der Waals surface area contributed by atoms with Gasteiger partial charge in [-0.1, -0.05) is 128 Å². The van der Waals surface area contributed by atoms with Crippen LogP contribution in [0.5, 0.6) is 0 Å². The van der Waals surface area contributed by atoms with Crippen molar-refractivity contribution >= 4 is 5.91 Å². The van der Waals surface area contributed by atoms with Gasteiger partial charge >= 0.3 is 0 Å². The van der Waals surface area contributed by atoms with Crippen molar-refractivity contribution in [3.63, 3.8) is 0 Å². The van der Waals surface area contributed by atoms with E-state index in [1.165, 1.54) is 109 Å². The Bertz CT molecular complexity index is 348. The molecule has 0 aliphatic carbocycles. The molecular weight excluding hydrogens is 360 g/mol. The number of nitrogens with zero attached hydrogens (tertiary/aromatic N) is 1. The molecule has 172 valence electrons. The molecule has 4 nitrogen and oxygen atoms in total. The van der Waals surface area contributed by atoms with Gasteiger partial charge in [-0.05, 0) is 12.8 Å². The van der Waals surface area contributed by atoms with Crippen molar-refractivity contribution in [3.05, 3.63) is 4.91 Å². The number of hydrogen-bond acceptors (Lipinski definition) is 3. The Hall–Kier alpha value is -0.930. The highest BCUT2D eigenvalue weighted by atomic mass is 16.3. The van der Waals surface area contributed by atoms with Crippen LogP contribution < -0.4 is 5.32 Å². The molecule has 0 spiro atoms. The van der Waals surface area contributed by atoms with Crippen molar-refractivity contribution < 1.29 is 4.79 Å². The van der Waals surface area contributed by atoms with Gasteiger partial charge in [-0.25, -0.2) is 0 Å². The average molecular weight is 411 g/mol. The lowest BCUT2D eigenvalue weighted by atomic mass is 10.0. The minimum absolute atomic E-state index is 0.114. The average Bonchev–Trinajstić information content (AvgIpc) is 2.73. The molecule has 4 heteroatoms. The van der Waals surface area contributed by atoms with Crippen LogP contribution in [-0.2, 0) is 4.79 Å². The molecule has 0 aromatic heterocycles. The van der Waals surface area contributed by atoms with E-state index < -0.39 is 0 Å². The number of nitroso groups, excluding NO2 is 1. The van der Waals surface area contributed by atoms with Gasteiger partial charge in [0, 0.05) is 13.0 Å². The molecule has 0 saturated heterocycles. The first-order valence-electron chi connectivity index (χ1n) is 12.9. The highest BCUT2D eigenvalue weighted by molar-refractivity contribution is 5.75. The summed E-state index contributed by atoms with van der Waals surface area (Å²) in [5, 5.41) is 5.62. The Kier molecular flexibility index (Phi) is 24.3. The lowest BCUT2D eigenvalue weighted by molar-refractivity contribution is -0.121. The maximum absolute atomic E-state index is 11.6. The van der Waals surface area contributed by atoms with Crippen LogP contribution in [0.1, 0.15) is 142 Å². The van der Waals surface area contributed by atoms with Crippen molar-refractivity contribution in [2.24, 2.45) is 5.18 Å². The number of rotatable bonds is 24. The standard InChI is InChI=1S/C25H50N2O2/c1-2-3-4-5-6-7-8-9-10-11-12-13-14-15-16-17-18-19-20-22-25(28)26-23-21-24-27-29/h2-24H2,1H3,(H,26,28). The van der Waals surface area contributed by atoms with Gasteiger partial charge in [-0.15, -0.1) is 0 Å². The summed E-state index contributed by atoms with van der Waals surface area (Å²) in [6, 6.07) is 0. The smallest absolute Gasteiger partial charge is 0.219 e. The zero-order valence-electron chi connectivity index (χ0n) is 19.5. The molecule has 0 aromatic rings. The Morgan fingerprint density at radius 3 is 1.34 bits per heavy atom.